The Kier molecular flexibility index (Phi) is 7.55. The molecule has 0 aromatic heterocycles. The number of hydrogen-bond donors (Lipinski definition) is 0. The van der Waals surface area contributed by atoms with E-state index in [0.29, 0.717) is 43.2 Å². The predicted molar refractivity (Wildman–Crippen MR) is 134 cm³/mol. The molecule has 5 heteroatoms. The maximum absolute atomic E-state index is 13.6. The fourth-order valence-corrected chi connectivity index (χ4v) is 4.09. The van der Waals surface area contributed by atoms with Crippen LogP contribution in [-0.4, -0.2) is 49.0 Å². The van der Waals surface area contributed by atoms with Crippen LogP contribution in [-0.2, 0) is 9.53 Å². The summed E-state index contributed by atoms with van der Waals surface area (Å²) in [6.07, 6.45) is 1.71. The van der Waals surface area contributed by atoms with Crippen LogP contribution < -0.4 is 4.74 Å². The van der Waals surface area contributed by atoms with Crippen LogP contribution in [0.3, 0.4) is 0 Å². The minimum atomic E-state index is -0.237. The number of aryl methyl sites for hydroxylation is 1. The SMILES string of the molecule is CC(=O)c1ccc(OCC2CN(C(=O)/C(=C/c3ccccc3)c3ccccc3)CCO2)cc1C. The molecule has 0 radical (unpaired) electrons. The van der Waals surface area contributed by atoms with Crippen LogP contribution in [0, 0.1) is 6.92 Å². The van der Waals surface area contributed by atoms with E-state index in [9.17, 15) is 9.59 Å². The zero-order chi connectivity index (χ0) is 23.9. The van der Waals surface area contributed by atoms with Gasteiger partial charge in [0.15, 0.2) is 5.78 Å². The summed E-state index contributed by atoms with van der Waals surface area (Å²) in [4.78, 5) is 27.1. The lowest BCUT2D eigenvalue weighted by molar-refractivity contribution is -0.133. The van der Waals surface area contributed by atoms with Gasteiger partial charge in [-0.05, 0) is 54.8 Å². The van der Waals surface area contributed by atoms with Crippen molar-refractivity contribution in [1.82, 2.24) is 4.90 Å². The molecule has 1 atom stereocenters. The number of nitrogens with zero attached hydrogens (tertiary/aromatic N) is 1. The smallest absolute Gasteiger partial charge is 0.254 e. The van der Waals surface area contributed by atoms with Crippen molar-refractivity contribution >= 4 is 23.3 Å². The highest BCUT2D eigenvalue weighted by molar-refractivity contribution is 6.24. The first kappa shape index (κ1) is 23.5. The molecule has 3 aromatic carbocycles. The molecule has 0 saturated carbocycles. The second-order valence-corrected chi connectivity index (χ2v) is 8.42. The molecular formula is C29H29NO4. The molecule has 1 aliphatic rings. The second kappa shape index (κ2) is 10.9. The summed E-state index contributed by atoms with van der Waals surface area (Å²) >= 11 is 0. The Morgan fingerprint density at radius 1 is 1.03 bits per heavy atom. The van der Waals surface area contributed by atoms with E-state index in [1.807, 2.05) is 84.6 Å². The largest absolute Gasteiger partial charge is 0.491 e. The lowest BCUT2D eigenvalue weighted by Crippen LogP contribution is -2.47. The van der Waals surface area contributed by atoms with E-state index in [-0.39, 0.29) is 17.8 Å². The highest BCUT2D eigenvalue weighted by Crippen LogP contribution is 2.23. The molecule has 1 heterocycles. The molecule has 0 aliphatic carbocycles. The Morgan fingerprint density at radius 2 is 1.74 bits per heavy atom. The molecule has 3 aromatic rings. The molecule has 34 heavy (non-hydrogen) atoms. The molecule has 1 amide bonds. The lowest BCUT2D eigenvalue weighted by Gasteiger charge is -2.33. The number of benzene rings is 3. The third-order valence-corrected chi connectivity index (χ3v) is 5.86. The third kappa shape index (κ3) is 5.80. The van der Waals surface area contributed by atoms with Gasteiger partial charge in [-0.15, -0.1) is 0 Å². The normalized spacial score (nSPS) is 16.2. The van der Waals surface area contributed by atoms with Gasteiger partial charge in [0, 0.05) is 17.7 Å². The number of hydrogen-bond acceptors (Lipinski definition) is 4. The van der Waals surface area contributed by atoms with Crippen LogP contribution in [0.5, 0.6) is 5.75 Å². The van der Waals surface area contributed by atoms with Crippen molar-refractivity contribution in [2.24, 2.45) is 0 Å². The third-order valence-electron chi connectivity index (χ3n) is 5.86. The average Bonchev–Trinajstić information content (AvgIpc) is 2.87. The van der Waals surface area contributed by atoms with Crippen LogP contribution in [0.2, 0.25) is 0 Å². The summed E-state index contributed by atoms with van der Waals surface area (Å²) in [6, 6.07) is 25.1. The quantitative estimate of drug-likeness (QED) is 0.284. The van der Waals surface area contributed by atoms with E-state index in [2.05, 4.69) is 0 Å². The number of ketones is 1. The highest BCUT2D eigenvalue weighted by atomic mass is 16.5. The van der Waals surface area contributed by atoms with Crippen molar-refractivity contribution in [2.45, 2.75) is 20.0 Å². The number of ether oxygens (including phenoxy) is 2. The van der Waals surface area contributed by atoms with E-state index in [1.165, 1.54) is 0 Å². The van der Waals surface area contributed by atoms with Crippen molar-refractivity contribution in [3.63, 3.8) is 0 Å². The highest BCUT2D eigenvalue weighted by Gasteiger charge is 2.27. The molecule has 1 aliphatic heterocycles. The summed E-state index contributed by atoms with van der Waals surface area (Å²) in [7, 11) is 0. The Morgan fingerprint density at radius 3 is 2.41 bits per heavy atom. The summed E-state index contributed by atoms with van der Waals surface area (Å²) in [5.41, 5.74) is 4.09. The molecule has 1 saturated heterocycles. The van der Waals surface area contributed by atoms with Gasteiger partial charge in [-0.1, -0.05) is 60.7 Å². The van der Waals surface area contributed by atoms with Gasteiger partial charge in [0.25, 0.3) is 5.91 Å². The Labute approximate surface area is 200 Å². The van der Waals surface area contributed by atoms with Gasteiger partial charge >= 0.3 is 0 Å². The number of carbonyl (C=O) groups excluding carboxylic acids is 2. The molecule has 4 rings (SSSR count). The van der Waals surface area contributed by atoms with Crippen LogP contribution in [0.25, 0.3) is 11.6 Å². The lowest BCUT2D eigenvalue weighted by atomic mass is 10.0. The van der Waals surface area contributed by atoms with E-state index < -0.39 is 0 Å². The number of rotatable bonds is 7. The maximum Gasteiger partial charge on any atom is 0.254 e. The van der Waals surface area contributed by atoms with Gasteiger partial charge in [-0.25, -0.2) is 0 Å². The molecule has 0 spiro atoms. The van der Waals surface area contributed by atoms with Crippen LogP contribution >= 0.6 is 0 Å². The zero-order valence-corrected chi connectivity index (χ0v) is 19.6. The fraction of sp³-hybridized carbons (Fsp3) is 0.241. The van der Waals surface area contributed by atoms with Crippen LogP contribution in [0.4, 0.5) is 0 Å². The van der Waals surface area contributed by atoms with Gasteiger partial charge in [-0.2, -0.15) is 0 Å². The molecule has 174 valence electrons. The van der Waals surface area contributed by atoms with E-state index in [0.717, 1.165) is 16.7 Å². The first-order chi connectivity index (χ1) is 16.5. The standard InChI is InChI=1S/C29H29NO4/c1-21-17-25(13-14-27(21)22(2)31)34-20-26-19-30(15-16-33-26)29(32)28(24-11-7-4-8-12-24)18-23-9-5-3-6-10-23/h3-14,17-18,26H,15-16,19-20H2,1-2H3/b28-18+. The average molecular weight is 456 g/mol. The predicted octanol–water partition coefficient (Wildman–Crippen LogP) is 5.04. The monoisotopic (exact) mass is 455 g/mol. The van der Waals surface area contributed by atoms with Crippen molar-refractivity contribution in [3.05, 3.63) is 101 Å². The van der Waals surface area contributed by atoms with E-state index >= 15 is 0 Å². The Hall–Kier alpha value is -3.70. The second-order valence-electron chi connectivity index (χ2n) is 8.42. The van der Waals surface area contributed by atoms with Gasteiger partial charge < -0.3 is 14.4 Å². The van der Waals surface area contributed by atoms with Gasteiger partial charge in [0.2, 0.25) is 0 Å². The number of amides is 1. The summed E-state index contributed by atoms with van der Waals surface area (Å²) < 4.78 is 11.8. The van der Waals surface area contributed by atoms with Gasteiger partial charge in [0.05, 0.1) is 13.2 Å². The zero-order valence-electron chi connectivity index (χ0n) is 19.6. The molecule has 1 unspecified atom stereocenters. The molecule has 0 bridgehead atoms. The van der Waals surface area contributed by atoms with Crippen molar-refractivity contribution in [3.8, 4) is 5.75 Å². The molecule has 5 nitrogen and oxygen atoms in total. The number of Topliss-reactive ketones (excluding diaryl/α,β-unsaturated/α-hetero) is 1. The summed E-state index contributed by atoms with van der Waals surface area (Å²) in [6.45, 7) is 5.20. The number of carbonyl (C=O) groups is 2. The molecular weight excluding hydrogens is 426 g/mol. The van der Waals surface area contributed by atoms with Gasteiger partial charge in [-0.3, -0.25) is 9.59 Å². The fourth-order valence-electron chi connectivity index (χ4n) is 4.09. The minimum absolute atomic E-state index is 0.0231. The molecule has 0 N–H and O–H groups in total. The number of morpholine rings is 1. The van der Waals surface area contributed by atoms with Crippen molar-refractivity contribution in [1.29, 1.82) is 0 Å². The van der Waals surface area contributed by atoms with Gasteiger partial charge in [0.1, 0.15) is 18.5 Å². The summed E-state index contributed by atoms with van der Waals surface area (Å²) in [5.74, 6) is 0.695. The van der Waals surface area contributed by atoms with E-state index in [4.69, 9.17) is 9.47 Å². The Bertz CT molecular complexity index is 1170. The van der Waals surface area contributed by atoms with Crippen LogP contribution in [0.15, 0.2) is 78.9 Å². The first-order valence-electron chi connectivity index (χ1n) is 11.5. The maximum atomic E-state index is 13.6. The first-order valence-corrected chi connectivity index (χ1v) is 11.5. The van der Waals surface area contributed by atoms with Crippen molar-refractivity contribution in [2.75, 3.05) is 26.3 Å². The Balaban J connectivity index is 1.46. The topological polar surface area (TPSA) is 55.8 Å². The van der Waals surface area contributed by atoms with Crippen LogP contribution in [0.1, 0.15) is 34.0 Å². The van der Waals surface area contributed by atoms with Crippen molar-refractivity contribution < 1.29 is 19.1 Å². The summed E-state index contributed by atoms with van der Waals surface area (Å²) in [5, 5.41) is 0. The minimum Gasteiger partial charge on any atom is -0.491 e. The molecule has 1 fully saturated rings. The van der Waals surface area contributed by atoms with E-state index in [1.54, 1.807) is 19.1 Å².